The lowest BCUT2D eigenvalue weighted by molar-refractivity contribution is 0.174. The van der Waals surface area contributed by atoms with Gasteiger partial charge in [0.05, 0.1) is 20.3 Å². The van der Waals surface area contributed by atoms with E-state index in [9.17, 15) is 5.11 Å². The SMILES string of the molecule is COc1ccc(Br)c(CNCC(O)c2ccccc2)c1OC. The zero-order valence-corrected chi connectivity index (χ0v) is 14.3. The van der Waals surface area contributed by atoms with Crippen LogP contribution >= 0.6 is 15.9 Å². The number of aliphatic hydroxyl groups is 1. The van der Waals surface area contributed by atoms with E-state index in [1.165, 1.54) is 0 Å². The number of methoxy groups -OCH3 is 2. The van der Waals surface area contributed by atoms with Crippen LogP contribution in [0, 0.1) is 0 Å². The van der Waals surface area contributed by atoms with Gasteiger partial charge in [0.15, 0.2) is 11.5 Å². The summed E-state index contributed by atoms with van der Waals surface area (Å²) in [5.74, 6) is 1.38. The van der Waals surface area contributed by atoms with Crippen LogP contribution in [-0.2, 0) is 6.54 Å². The van der Waals surface area contributed by atoms with Crippen molar-refractivity contribution >= 4 is 15.9 Å². The highest BCUT2D eigenvalue weighted by Gasteiger charge is 2.14. The summed E-state index contributed by atoms with van der Waals surface area (Å²) in [5.41, 5.74) is 1.86. The highest BCUT2D eigenvalue weighted by atomic mass is 79.9. The van der Waals surface area contributed by atoms with Gasteiger partial charge in [0, 0.05) is 23.1 Å². The van der Waals surface area contributed by atoms with Gasteiger partial charge in [0.1, 0.15) is 0 Å². The van der Waals surface area contributed by atoms with E-state index >= 15 is 0 Å². The van der Waals surface area contributed by atoms with Crippen LogP contribution in [-0.4, -0.2) is 25.9 Å². The lowest BCUT2D eigenvalue weighted by Gasteiger charge is -2.16. The largest absolute Gasteiger partial charge is 0.493 e. The van der Waals surface area contributed by atoms with Crippen molar-refractivity contribution in [3.63, 3.8) is 0 Å². The molecule has 2 rings (SSSR count). The smallest absolute Gasteiger partial charge is 0.166 e. The third kappa shape index (κ3) is 4.00. The number of benzene rings is 2. The van der Waals surface area contributed by atoms with Gasteiger partial charge in [0.2, 0.25) is 0 Å². The van der Waals surface area contributed by atoms with Gasteiger partial charge in [-0.05, 0) is 17.7 Å². The minimum Gasteiger partial charge on any atom is -0.493 e. The summed E-state index contributed by atoms with van der Waals surface area (Å²) < 4.78 is 11.7. The first-order valence-corrected chi connectivity index (χ1v) is 7.79. The fourth-order valence-electron chi connectivity index (χ4n) is 2.26. The van der Waals surface area contributed by atoms with Gasteiger partial charge in [-0.3, -0.25) is 0 Å². The zero-order chi connectivity index (χ0) is 15.9. The molecule has 1 unspecified atom stereocenters. The molecule has 0 amide bonds. The molecule has 118 valence electrons. The Morgan fingerprint density at radius 2 is 1.82 bits per heavy atom. The molecule has 5 heteroatoms. The monoisotopic (exact) mass is 365 g/mol. The van der Waals surface area contributed by atoms with Crippen LogP contribution in [0.4, 0.5) is 0 Å². The van der Waals surface area contributed by atoms with E-state index in [-0.39, 0.29) is 0 Å². The van der Waals surface area contributed by atoms with Crippen LogP contribution in [0.2, 0.25) is 0 Å². The molecule has 0 fully saturated rings. The van der Waals surface area contributed by atoms with E-state index in [0.29, 0.717) is 24.6 Å². The van der Waals surface area contributed by atoms with Crippen molar-refractivity contribution in [3.8, 4) is 11.5 Å². The normalized spacial score (nSPS) is 12.0. The Bertz CT molecular complexity index is 604. The van der Waals surface area contributed by atoms with Crippen LogP contribution in [0.25, 0.3) is 0 Å². The minimum absolute atomic E-state index is 0.455. The first-order valence-electron chi connectivity index (χ1n) is 7.00. The Morgan fingerprint density at radius 3 is 2.45 bits per heavy atom. The Kier molecular flexibility index (Phi) is 6.24. The molecule has 0 heterocycles. The Hall–Kier alpha value is -1.56. The molecule has 0 saturated heterocycles. The van der Waals surface area contributed by atoms with Crippen LogP contribution < -0.4 is 14.8 Å². The number of ether oxygens (including phenoxy) is 2. The molecule has 2 aromatic rings. The summed E-state index contributed by atoms with van der Waals surface area (Å²) in [6.07, 6.45) is -0.545. The zero-order valence-electron chi connectivity index (χ0n) is 12.7. The molecule has 0 aromatic heterocycles. The molecule has 0 aliphatic carbocycles. The number of hydrogen-bond acceptors (Lipinski definition) is 4. The molecule has 0 saturated carbocycles. The highest BCUT2D eigenvalue weighted by molar-refractivity contribution is 9.10. The van der Waals surface area contributed by atoms with Gasteiger partial charge in [-0.1, -0.05) is 46.3 Å². The van der Waals surface area contributed by atoms with Crippen molar-refractivity contribution in [1.29, 1.82) is 0 Å². The fourth-order valence-corrected chi connectivity index (χ4v) is 2.71. The number of aliphatic hydroxyl groups excluding tert-OH is 1. The second-order valence-electron chi connectivity index (χ2n) is 4.82. The van der Waals surface area contributed by atoms with Gasteiger partial charge in [-0.2, -0.15) is 0 Å². The minimum atomic E-state index is -0.545. The third-order valence-corrected chi connectivity index (χ3v) is 4.16. The Labute approximate surface area is 139 Å². The molecule has 2 N–H and O–H groups in total. The molecule has 4 nitrogen and oxygen atoms in total. The maximum Gasteiger partial charge on any atom is 0.166 e. The van der Waals surface area contributed by atoms with Gasteiger partial charge in [-0.15, -0.1) is 0 Å². The Morgan fingerprint density at radius 1 is 1.09 bits per heavy atom. The lowest BCUT2D eigenvalue weighted by Crippen LogP contribution is -2.21. The summed E-state index contributed by atoms with van der Waals surface area (Å²) in [4.78, 5) is 0. The maximum absolute atomic E-state index is 10.2. The average molecular weight is 366 g/mol. The van der Waals surface area contributed by atoms with Gasteiger partial charge < -0.3 is 19.9 Å². The first kappa shape index (κ1) is 16.8. The predicted molar refractivity (Wildman–Crippen MR) is 90.4 cm³/mol. The highest BCUT2D eigenvalue weighted by Crippen LogP contribution is 2.35. The second-order valence-corrected chi connectivity index (χ2v) is 5.67. The van der Waals surface area contributed by atoms with Crippen molar-refractivity contribution in [2.45, 2.75) is 12.6 Å². The van der Waals surface area contributed by atoms with Gasteiger partial charge in [-0.25, -0.2) is 0 Å². The van der Waals surface area contributed by atoms with Crippen LogP contribution in [0.15, 0.2) is 46.9 Å². The number of nitrogens with one attached hydrogen (secondary N) is 1. The topological polar surface area (TPSA) is 50.7 Å². The summed E-state index contributed by atoms with van der Waals surface area (Å²) in [7, 11) is 3.23. The molecule has 0 bridgehead atoms. The molecule has 0 aliphatic heterocycles. The van der Waals surface area contributed by atoms with Gasteiger partial charge in [0.25, 0.3) is 0 Å². The first-order chi connectivity index (χ1) is 10.7. The van der Waals surface area contributed by atoms with E-state index in [0.717, 1.165) is 15.6 Å². The number of hydrogen-bond donors (Lipinski definition) is 2. The third-order valence-electron chi connectivity index (χ3n) is 3.42. The fraction of sp³-hybridized carbons (Fsp3) is 0.294. The van der Waals surface area contributed by atoms with Gasteiger partial charge >= 0.3 is 0 Å². The van der Waals surface area contributed by atoms with Crippen LogP contribution in [0.1, 0.15) is 17.2 Å². The summed E-state index contributed by atoms with van der Waals surface area (Å²) in [6, 6.07) is 13.4. The van der Waals surface area contributed by atoms with Crippen molar-refractivity contribution in [1.82, 2.24) is 5.32 Å². The van der Waals surface area contributed by atoms with E-state index in [4.69, 9.17) is 9.47 Å². The number of halogens is 1. The molecular formula is C17H20BrNO3. The van der Waals surface area contributed by atoms with E-state index < -0.39 is 6.10 Å². The molecule has 1 atom stereocenters. The van der Waals surface area contributed by atoms with E-state index in [2.05, 4.69) is 21.2 Å². The molecule has 0 spiro atoms. The molecule has 22 heavy (non-hydrogen) atoms. The standard InChI is InChI=1S/C17H20BrNO3/c1-21-16-9-8-14(18)13(17(16)22-2)10-19-11-15(20)12-6-4-3-5-7-12/h3-9,15,19-20H,10-11H2,1-2H3. The molecule has 2 aromatic carbocycles. The summed E-state index contributed by atoms with van der Waals surface area (Å²) in [5, 5.41) is 13.4. The average Bonchev–Trinajstić information content (AvgIpc) is 2.56. The summed E-state index contributed by atoms with van der Waals surface area (Å²) in [6.45, 7) is 1.02. The quantitative estimate of drug-likeness (QED) is 0.790. The maximum atomic E-state index is 10.2. The lowest BCUT2D eigenvalue weighted by atomic mass is 10.1. The van der Waals surface area contributed by atoms with E-state index in [1.54, 1.807) is 14.2 Å². The molecule has 0 aliphatic rings. The van der Waals surface area contributed by atoms with Crippen molar-refractivity contribution in [3.05, 3.63) is 58.1 Å². The number of rotatable bonds is 7. The predicted octanol–water partition coefficient (Wildman–Crippen LogP) is 3.29. The Balaban J connectivity index is 2.03. The van der Waals surface area contributed by atoms with Crippen molar-refractivity contribution in [2.24, 2.45) is 0 Å². The van der Waals surface area contributed by atoms with Crippen LogP contribution in [0.3, 0.4) is 0 Å². The summed E-state index contributed by atoms with van der Waals surface area (Å²) >= 11 is 3.53. The van der Waals surface area contributed by atoms with Crippen molar-refractivity contribution < 1.29 is 14.6 Å². The molecular weight excluding hydrogens is 346 g/mol. The van der Waals surface area contributed by atoms with Crippen LogP contribution in [0.5, 0.6) is 11.5 Å². The second kappa shape index (κ2) is 8.17. The molecule has 0 radical (unpaired) electrons. The van der Waals surface area contributed by atoms with E-state index in [1.807, 2.05) is 42.5 Å². The van der Waals surface area contributed by atoms with Crippen molar-refractivity contribution in [2.75, 3.05) is 20.8 Å².